The molecule has 0 aliphatic heterocycles. The maximum absolute atomic E-state index is 12.8. The zero-order chi connectivity index (χ0) is 18.5. The van der Waals surface area contributed by atoms with Gasteiger partial charge in [-0.2, -0.15) is 0 Å². The first-order valence-electron chi connectivity index (χ1n) is 8.80. The number of anilines is 1. The van der Waals surface area contributed by atoms with Crippen LogP contribution in [-0.2, 0) is 13.0 Å². The van der Waals surface area contributed by atoms with Gasteiger partial charge in [0.15, 0.2) is 10.9 Å². The number of para-hydroxylation sites is 1. The predicted octanol–water partition coefficient (Wildman–Crippen LogP) is 4.53. The van der Waals surface area contributed by atoms with E-state index in [0.717, 1.165) is 23.0 Å². The van der Waals surface area contributed by atoms with Gasteiger partial charge in [0, 0.05) is 23.9 Å². The number of benzene rings is 1. The number of aromatic nitrogens is 2. The van der Waals surface area contributed by atoms with Gasteiger partial charge in [-0.1, -0.05) is 43.4 Å². The Hall–Kier alpha value is -2.47. The molecule has 0 radical (unpaired) electrons. The first-order valence-corrected chi connectivity index (χ1v) is 9.62. The zero-order valence-electron chi connectivity index (χ0n) is 15.1. The summed E-state index contributed by atoms with van der Waals surface area (Å²) in [6.07, 6.45) is 1.29. The molecule has 1 amide bonds. The number of Topliss-reactive ketones (excluding diaryl/α,β-unsaturated/α-hetero) is 1. The molecule has 0 spiro atoms. The molecular formula is C20H21N3O2S. The monoisotopic (exact) mass is 367 g/mol. The maximum Gasteiger partial charge on any atom is 0.274 e. The lowest BCUT2D eigenvalue weighted by Crippen LogP contribution is -2.26. The number of carbonyl (C=O) groups is 2. The van der Waals surface area contributed by atoms with E-state index in [0.29, 0.717) is 28.7 Å². The molecule has 0 saturated carbocycles. The van der Waals surface area contributed by atoms with Gasteiger partial charge in [0.05, 0.1) is 10.6 Å². The summed E-state index contributed by atoms with van der Waals surface area (Å²) in [6, 6.07) is 9.85. The lowest BCUT2D eigenvalue weighted by atomic mass is 9.78. The Morgan fingerprint density at radius 2 is 2.08 bits per heavy atom. The molecule has 0 unspecified atom stereocenters. The molecule has 2 aromatic heterocycles. The molecular weight excluding hydrogens is 346 g/mol. The normalized spacial score (nSPS) is 15.9. The number of rotatable bonds is 3. The fourth-order valence-corrected chi connectivity index (χ4v) is 4.59. The summed E-state index contributed by atoms with van der Waals surface area (Å²) in [4.78, 5) is 30.4. The van der Waals surface area contributed by atoms with Crippen LogP contribution in [0.5, 0.6) is 0 Å². The predicted molar refractivity (Wildman–Crippen MR) is 104 cm³/mol. The summed E-state index contributed by atoms with van der Waals surface area (Å²) in [6.45, 7) is 6.87. The smallest absolute Gasteiger partial charge is 0.274 e. The van der Waals surface area contributed by atoms with E-state index in [4.69, 9.17) is 0 Å². The highest BCUT2D eigenvalue weighted by Crippen LogP contribution is 2.38. The average molecular weight is 367 g/mol. The SMILES string of the molecule is CCn1c(C(=O)Nc2nc3c(s2)C(=O)CC(C)(C)C3)cc2ccccc21. The molecule has 1 aliphatic carbocycles. The molecule has 6 heteroatoms. The Morgan fingerprint density at radius 1 is 1.31 bits per heavy atom. The molecule has 26 heavy (non-hydrogen) atoms. The molecule has 5 nitrogen and oxygen atoms in total. The molecule has 0 bridgehead atoms. The van der Waals surface area contributed by atoms with Crippen LogP contribution in [0.25, 0.3) is 10.9 Å². The molecule has 0 atom stereocenters. The summed E-state index contributed by atoms with van der Waals surface area (Å²) in [7, 11) is 0. The Bertz CT molecular complexity index is 1030. The number of thiazole rings is 1. The van der Waals surface area contributed by atoms with Crippen molar-refractivity contribution in [3.05, 3.63) is 46.6 Å². The van der Waals surface area contributed by atoms with Crippen LogP contribution in [0.1, 0.15) is 53.0 Å². The Morgan fingerprint density at radius 3 is 2.85 bits per heavy atom. The zero-order valence-corrected chi connectivity index (χ0v) is 15.9. The topological polar surface area (TPSA) is 64.0 Å². The fourth-order valence-electron chi connectivity index (χ4n) is 3.67. The lowest BCUT2D eigenvalue weighted by molar-refractivity contribution is 0.0915. The van der Waals surface area contributed by atoms with Crippen LogP contribution < -0.4 is 5.32 Å². The second-order valence-electron chi connectivity index (χ2n) is 7.52. The summed E-state index contributed by atoms with van der Waals surface area (Å²) in [5.74, 6) is -0.0715. The minimum atomic E-state index is -0.194. The first kappa shape index (κ1) is 17.0. The molecule has 4 rings (SSSR count). The number of hydrogen-bond donors (Lipinski definition) is 1. The van der Waals surface area contributed by atoms with Gasteiger partial charge in [-0.25, -0.2) is 4.98 Å². The summed E-state index contributed by atoms with van der Waals surface area (Å²) in [5.41, 5.74) is 2.38. The van der Waals surface area contributed by atoms with Gasteiger partial charge in [0.1, 0.15) is 5.69 Å². The van der Waals surface area contributed by atoms with Gasteiger partial charge >= 0.3 is 0 Å². The van der Waals surface area contributed by atoms with E-state index in [1.807, 2.05) is 41.8 Å². The molecule has 134 valence electrons. The van der Waals surface area contributed by atoms with Gasteiger partial charge in [-0.05, 0) is 30.9 Å². The number of aryl methyl sites for hydroxylation is 1. The van der Waals surface area contributed by atoms with E-state index in [2.05, 4.69) is 24.1 Å². The van der Waals surface area contributed by atoms with E-state index in [1.54, 1.807) is 0 Å². The van der Waals surface area contributed by atoms with E-state index in [1.165, 1.54) is 11.3 Å². The van der Waals surface area contributed by atoms with Gasteiger partial charge in [-0.15, -0.1) is 0 Å². The van der Waals surface area contributed by atoms with Gasteiger partial charge in [0.2, 0.25) is 0 Å². The van der Waals surface area contributed by atoms with Crippen LogP contribution in [0.3, 0.4) is 0 Å². The van der Waals surface area contributed by atoms with Crippen LogP contribution in [0.15, 0.2) is 30.3 Å². The maximum atomic E-state index is 12.8. The Labute approximate surface area is 156 Å². The fraction of sp³-hybridized carbons (Fsp3) is 0.350. The molecule has 3 aromatic rings. The van der Waals surface area contributed by atoms with Crippen molar-refractivity contribution in [2.75, 3.05) is 5.32 Å². The summed E-state index contributed by atoms with van der Waals surface area (Å²) < 4.78 is 1.99. The van der Waals surface area contributed by atoms with Gasteiger partial charge in [-0.3, -0.25) is 14.9 Å². The van der Waals surface area contributed by atoms with E-state index in [-0.39, 0.29) is 17.1 Å². The van der Waals surface area contributed by atoms with Crippen molar-refractivity contribution in [2.45, 2.75) is 40.2 Å². The van der Waals surface area contributed by atoms with Crippen LogP contribution in [0.4, 0.5) is 5.13 Å². The van der Waals surface area contributed by atoms with Crippen molar-refractivity contribution in [2.24, 2.45) is 5.41 Å². The van der Waals surface area contributed by atoms with Crippen molar-refractivity contribution < 1.29 is 9.59 Å². The average Bonchev–Trinajstić information content (AvgIpc) is 3.14. The third kappa shape index (κ3) is 2.84. The van der Waals surface area contributed by atoms with Crippen LogP contribution in [0.2, 0.25) is 0 Å². The van der Waals surface area contributed by atoms with Crippen LogP contribution >= 0.6 is 11.3 Å². The number of ketones is 1. The van der Waals surface area contributed by atoms with Crippen LogP contribution in [0, 0.1) is 5.41 Å². The molecule has 1 aromatic carbocycles. The largest absolute Gasteiger partial charge is 0.337 e. The highest BCUT2D eigenvalue weighted by atomic mass is 32.1. The van der Waals surface area contributed by atoms with E-state index < -0.39 is 0 Å². The molecule has 1 aliphatic rings. The minimum Gasteiger partial charge on any atom is -0.337 e. The van der Waals surface area contributed by atoms with Crippen molar-refractivity contribution in [3.63, 3.8) is 0 Å². The number of amides is 1. The van der Waals surface area contributed by atoms with Gasteiger partial charge < -0.3 is 4.57 Å². The highest BCUT2D eigenvalue weighted by molar-refractivity contribution is 7.17. The third-order valence-electron chi connectivity index (χ3n) is 4.82. The number of nitrogens with zero attached hydrogens (tertiary/aromatic N) is 2. The van der Waals surface area contributed by atoms with Gasteiger partial charge in [0.25, 0.3) is 5.91 Å². The molecule has 2 heterocycles. The first-order chi connectivity index (χ1) is 12.4. The quantitative estimate of drug-likeness (QED) is 0.740. The number of nitrogens with one attached hydrogen (secondary N) is 1. The molecule has 0 fully saturated rings. The van der Waals surface area contributed by atoms with E-state index in [9.17, 15) is 9.59 Å². The minimum absolute atomic E-state index is 0.0753. The number of hydrogen-bond acceptors (Lipinski definition) is 4. The van der Waals surface area contributed by atoms with Crippen molar-refractivity contribution in [1.29, 1.82) is 0 Å². The summed E-state index contributed by atoms with van der Waals surface area (Å²) >= 11 is 1.29. The number of fused-ring (bicyclic) bond motifs is 2. The lowest BCUT2D eigenvalue weighted by Gasteiger charge is -2.26. The van der Waals surface area contributed by atoms with Crippen molar-refractivity contribution >= 4 is 39.1 Å². The second-order valence-corrected chi connectivity index (χ2v) is 8.52. The van der Waals surface area contributed by atoms with E-state index >= 15 is 0 Å². The van der Waals surface area contributed by atoms with Crippen LogP contribution in [-0.4, -0.2) is 21.2 Å². The third-order valence-corrected chi connectivity index (χ3v) is 5.87. The Kier molecular flexibility index (Phi) is 3.95. The summed E-state index contributed by atoms with van der Waals surface area (Å²) in [5, 5.41) is 4.43. The molecule has 0 saturated heterocycles. The Balaban J connectivity index is 1.65. The second kappa shape index (κ2) is 6.06. The highest BCUT2D eigenvalue weighted by Gasteiger charge is 2.34. The van der Waals surface area contributed by atoms with Crippen molar-refractivity contribution in [1.82, 2.24) is 9.55 Å². The standard InChI is InChI=1S/C20H21N3O2S/c1-4-23-14-8-6-5-7-12(14)9-15(23)18(25)22-19-21-13-10-20(2,3)11-16(24)17(13)26-19/h5-9H,4,10-11H2,1-3H3,(H,21,22,25). The van der Waals surface area contributed by atoms with Crippen molar-refractivity contribution in [3.8, 4) is 0 Å². The number of carbonyl (C=O) groups excluding carboxylic acids is 2. The molecule has 1 N–H and O–H groups in total.